The van der Waals surface area contributed by atoms with Gasteiger partial charge in [0.15, 0.2) is 16.9 Å². The van der Waals surface area contributed by atoms with Gasteiger partial charge in [0.1, 0.15) is 16.7 Å². The zero-order chi connectivity index (χ0) is 25.1. The van der Waals surface area contributed by atoms with E-state index in [1.165, 1.54) is 57.7 Å². The topological polar surface area (TPSA) is 130 Å². The molecule has 0 bridgehead atoms. The third-order valence-corrected chi connectivity index (χ3v) is 5.25. The second kappa shape index (κ2) is 9.56. The van der Waals surface area contributed by atoms with Crippen LogP contribution in [0.3, 0.4) is 0 Å². The molecular weight excluding hydrogens is 456 g/mol. The zero-order valence-electron chi connectivity index (χ0n) is 19.0. The zero-order valence-corrected chi connectivity index (χ0v) is 19.0. The number of hydrogen-bond acceptors (Lipinski definition) is 8. The van der Waals surface area contributed by atoms with E-state index in [9.17, 15) is 19.7 Å². The van der Waals surface area contributed by atoms with Crippen LogP contribution < -0.4 is 25.0 Å². The highest BCUT2D eigenvalue weighted by Crippen LogP contribution is 2.42. The number of nitro groups is 1. The summed E-state index contributed by atoms with van der Waals surface area (Å²) < 4.78 is 22.1. The van der Waals surface area contributed by atoms with E-state index in [1.807, 2.05) is 0 Å². The highest BCUT2D eigenvalue weighted by Gasteiger charge is 2.21. The molecule has 10 heteroatoms. The van der Waals surface area contributed by atoms with Crippen molar-refractivity contribution in [3.05, 3.63) is 86.6 Å². The number of nitrogens with one attached hydrogen (secondary N) is 1. The van der Waals surface area contributed by atoms with Crippen LogP contribution in [-0.2, 0) is 0 Å². The lowest BCUT2D eigenvalue weighted by Crippen LogP contribution is -2.12. The van der Waals surface area contributed by atoms with Crippen molar-refractivity contribution in [2.24, 2.45) is 0 Å². The van der Waals surface area contributed by atoms with Gasteiger partial charge >= 0.3 is 0 Å². The first-order valence-electron chi connectivity index (χ1n) is 10.3. The van der Waals surface area contributed by atoms with Crippen molar-refractivity contribution in [2.75, 3.05) is 26.6 Å². The Kier molecular flexibility index (Phi) is 6.36. The molecule has 0 aliphatic rings. The Balaban J connectivity index is 1.72. The third-order valence-electron chi connectivity index (χ3n) is 5.25. The number of hydrogen-bond donors (Lipinski definition) is 1. The fourth-order valence-electron chi connectivity index (χ4n) is 3.64. The molecule has 1 aromatic heterocycles. The molecule has 1 amide bonds. The summed E-state index contributed by atoms with van der Waals surface area (Å²) in [5, 5.41) is 13.9. The molecule has 35 heavy (non-hydrogen) atoms. The summed E-state index contributed by atoms with van der Waals surface area (Å²) in [6, 6.07) is 14.9. The maximum Gasteiger partial charge on any atom is 0.270 e. The van der Waals surface area contributed by atoms with Crippen LogP contribution in [0.5, 0.6) is 17.2 Å². The average Bonchev–Trinajstić information content (AvgIpc) is 2.87. The van der Waals surface area contributed by atoms with E-state index in [-0.39, 0.29) is 44.9 Å². The molecule has 0 saturated heterocycles. The van der Waals surface area contributed by atoms with Gasteiger partial charge in [0.05, 0.1) is 26.3 Å². The lowest BCUT2D eigenvalue weighted by molar-refractivity contribution is -0.384. The van der Waals surface area contributed by atoms with Gasteiger partial charge in [-0.3, -0.25) is 19.7 Å². The summed E-state index contributed by atoms with van der Waals surface area (Å²) in [7, 11) is 4.31. The molecule has 0 spiro atoms. The summed E-state index contributed by atoms with van der Waals surface area (Å²) >= 11 is 0. The lowest BCUT2D eigenvalue weighted by atomic mass is 10.1. The number of carbonyl (C=O) groups is 1. The second-order valence-corrected chi connectivity index (χ2v) is 7.34. The fraction of sp³-hybridized carbons (Fsp3) is 0.120. The van der Waals surface area contributed by atoms with Gasteiger partial charge in [-0.25, -0.2) is 0 Å². The molecule has 0 aliphatic heterocycles. The molecule has 0 fully saturated rings. The number of anilines is 1. The van der Waals surface area contributed by atoms with Gasteiger partial charge < -0.3 is 23.9 Å². The van der Waals surface area contributed by atoms with Gasteiger partial charge in [-0.15, -0.1) is 0 Å². The van der Waals surface area contributed by atoms with Crippen molar-refractivity contribution < 1.29 is 28.3 Å². The molecule has 3 aromatic carbocycles. The van der Waals surface area contributed by atoms with Gasteiger partial charge in [0, 0.05) is 41.1 Å². The third kappa shape index (κ3) is 4.49. The van der Waals surface area contributed by atoms with E-state index in [0.29, 0.717) is 17.0 Å². The Hall–Kier alpha value is -4.86. The first-order chi connectivity index (χ1) is 16.9. The largest absolute Gasteiger partial charge is 0.493 e. The Bertz CT molecular complexity index is 1510. The maximum atomic E-state index is 13.0. The number of fused-ring (bicyclic) bond motifs is 1. The van der Waals surface area contributed by atoms with Crippen molar-refractivity contribution in [2.45, 2.75) is 0 Å². The predicted octanol–water partition coefficient (Wildman–Crippen LogP) is 4.65. The molecule has 0 aliphatic carbocycles. The first-order valence-corrected chi connectivity index (χ1v) is 10.3. The summed E-state index contributed by atoms with van der Waals surface area (Å²) in [5.74, 6) is 0.527. The second-order valence-electron chi connectivity index (χ2n) is 7.34. The molecule has 0 radical (unpaired) electrons. The number of nitro benzene ring substituents is 1. The van der Waals surface area contributed by atoms with Gasteiger partial charge in [-0.2, -0.15) is 0 Å². The van der Waals surface area contributed by atoms with Gasteiger partial charge in [0.25, 0.3) is 11.6 Å². The molecule has 4 rings (SSSR count). The van der Waals surface area contributed by atoms with Gasteiger partial charge in [0.2, 0.25) is 5.75 Å². The number of methoxy groups -OCH3 is 3. The van der Waals surface area contributed by atoms with Crippen molar-refractivity contribution in [3.63, 3.8) is 0 Å². The van der Waals surface area contributed by atoms with Crippen LogP contribution in [0.25, 0.3) is 22.3 Å². The highest BCUT2D eigenvalue weighted by molar-refractivity contribution is 6.04. The van der Waals surface area contributed by atoms with E-state index < -0.39 is 10.8 Å². The van der Waals surface area contributed by atoms with E-state index in [4.69, 9.17) is 18.6 Å². The minimum Gasteiger partial charge on any atom is -0.493 e. The Morgan fingerprint density at radius 1 is 0.943 bits per heavy atom. The quantitative estimate of drug-likeness (QED) is 0.301. The number of nitrogens with zero attached hydrogens (tertiary/aromatic N) is 1. The lowest BCUT2D eigenvalue weighted by Gasteiger charge is -2.14. The van der Waals surface area contributed by atoms with Crippen LogP contribution in [0.15, 0.2) is 69.9 Å². The Labute approximate surface area is 198 Å². The molecule has 178 valence electrons. The number of carbonyl (C=O) groups excluding carboxylic acids is 1. The number of rotatable bonds is 7. The van der Waals surface area contributed by atoms with Crippen molar-refractivity contribution in [1.29, 1.82) is 0 Å². The highest BCUT2D eigenvalue weighted by atomic mass is 16.6. The number of non-ortho nitro benzene ring substituents is 1. The van der Waals surface area contributed by atoms with Crippen LogP contribution in [0.1, 0.15) is 10.4 Å². The van der Waals surface area contributed by atoms with Crippen LogP contribution in [0.2, 0.25) is 0 Å². The minimum absolute atomic E-state index is 0.134. The molecule has 0 atom stereocenters. The van der Waals surface area contributed by atoms with E-state index in [0.717, 1.165) is 0 Å². The number of amides is 1. The average molecular weight is 476 g/mol. The molecular formula is C25H20N2O8. The smallest absolute Gasteiger partial charge is 0.270 e. The minimum atomic E-state index is -0.571. The summed E-state index contributed by atoms with van der Waals surface area (Å²) in [4.78, 5) is 36.0. The monoisotopic (exact) mass is 476 g/mol. The fourth-order valence-corrected chi connectivity index (χ4v) is 3.64. The maximum absolute atomic E-state index is 13.0. The number of benzene rings is 3. The Morgan fingerprint density at radius 3 is 2.37 bits per heavy atom. The molecule has 4 aromatic rings. The summed E-state index contributed by atoms with van der Waals surface area (Å²) in [5.41, 5.74) is 0.751. The van der Waals surface area contributed by atoms with Crippen LogP contribution >= 0.6 is 0 Å². The normalized spacial score (nSPS) is 10.6. The van der Waals surface area contributed by atoms with Crippen molar-refractivity contribution in [3.8, 4) is 28.6 Å². The predicted molar refractivity (Wildman–Crippen MR) is 129 cm³/mol. The summed E-state index contributed by atoms with van der Waals surface area (Å²) in [6.45, 7) is 0. The van der Waals surface area contributed by atoms with Crippen LogP contribution in [-0.4, -0.2) is 32.2 Å². The van der Waals surface area contributed by atoms with Crippen molar-refractivity contribution >= 4 is 28.3 Å². The molecule has 0 saturated carbocycles. The number of ether oxygens (including phenoxy) is 3. The summed E-state index contributed by atoms with van der Waals surface area (Å²) in [6.07, 6.45) is 0. The molecule has 0 unspecified atom stereocenters. The van der Waals surface area contributed by atoms with Gasteiger partial charge in [-0.1, -0.05) is 18.2 Å². The van der Waals surface area contributed by atoms with E-state index in [2.05, 4.69) is 5.32 Å². The molecule has 10 nitrogen and oxygen atoms in total. The van der Waals surface area contributed by atoms with Gasteiger partial charge in [-0.05, 0) is 18.2 Å². The van der Waals surface area contributed by atoms with Crippen LogP contribution in [0, 0.1) is 10.1 Å². The van der Waals surface area contributed by atoms with Crippen molar-refractivity contribution in [1.82, 2.24) is 0 Å². The first kappa shape index (κ1) is 23.3. The van der Waals surface area contributed by atoms with E-state index in [1.54, 1.807) is 24.3 Å². The molecule has 1 N–H and O–H groups in total. The van der Waals surface area contributed by atoms with Crippen LogP contribution in [0.4, 0.5) is 11.4 Å². The Morgan fingerprint density at radius 2 is 1.69 bits per heavy atom. The van der Waals surface area contributed by atoms with E-state index >= 15 is 0 Å². The standard InChI is InChI=1S/C25H20N2O8/c1-32-21-13-20-22(24(34-3)23(21)33-2)18(28)12-19(35-20)14-6-4-8-16(10-14)26-25(29)15-7-5-9-17(11-15)27(30)31/h4-13H,1-3H3,(H,26,29). The SMILES string of the molecule is COc1cc2oc(-c3cccc(NC(=O)c4cccc([N+](=O)[O-])c4)c3)cc(=O)c2c(OC)c1OC. The molecule has 1 heterocycles.